The zero-order valence-corrected chi connectivity index (χ0v) is 13.6. The van der Waals surface area contributed by atoms with E-state index in [1.165, 1.54) is 62.7 Å². The Hall–Kier alpha value is -1.06. The van der Waals surface area contributed by atoms with Crippen molar-refractivity contribution in [2.45, 2.75) is 63.1 Å². The van der Waals surface area contributed by atoms with Crippen LogP contribution in [0, 0.1) is 0 Å². The number of nitrogens with one attached hydrogen (secondary N) is 2. The first-order valence-electron chi connectivity index (χ1n) is 9.23. The number of piperidine rings is 2. The molecule has 3 saturated heterocycles. The van der Waals surface area contributed by atoms with Crippen LogP contribution in [0.25, 0.3) is 0 Å². The summed E-state index contributed by atoms with van der Waals surface area (Å²) in [6, 6.07) is 11.5. The van der Waals surface area contributed by atoms with Gasteiger partial charge in [-0.2, -0.15) is 0 Å². The molecule has 120 valence electrons. The van der Waals surface area contributed by atoms with E-state index < -0.39 is 0 Å². The SMILES string of the molecule is c1cc([C@H]2CC[C@H]3CCCCN32)ccc1NC1CCNCC1. The third-order valence-corrected chi connectivity index (χ3v) is 5.85. The standard InChI is InChI=1S/C19H29N3/c1-2-14-22-18(3-1)8-9-19(22)15-4-6-16(7-5-15)21-17-10-12-20-13-11-17/h4-7,17-21H,1-3,8-14H2/t18-,19-/m1/s1. The van der Waals surface area contributed by atoms with Crippen LogP contribution in [0.3, 0.4) is 0 Å². The summed E-state index contributed by atoms with van der Waals surface area (Å²) in [6.07, 6.45) is 9.48. The van der Waals surface area contributed by atoms with Gasteiger partial charge in [0.25, 0.3) is 0 Å². The second-order valence-electron chi connectivity index (χ2n) is 7.27. The minimum absolute atomic E-state index is 0.644. The van der Waals surface area contributed by atoms with Crippen LogP contribution in [-0.2, 0) is 0 Å². The molecule has 2 atom stereocenters. The number of rotatable bonds is 3. The lowest BCUT2D eigenvalue weighted by molar-refractivity contribution is 0.150. The summed E-state index contributed by atoms with van der Waals surface area (Å²) >= 11 is 0. The topological polar surface area (TPSA) is 27.3 Å². The molecule has 0 bridgehead atoms. The van der Waals surface area contributed by atoms with E-state index in [1.807, 2.05) is 0 Å². The van der Waals surface area contributed by atoms with E-state index in [0.717, 1.165) is 19.1 Å². The van der Waals surface area contributed by atoms with Crippen LogP contribution in [0.5, 0.6) is 0 Å². The van der Waals surface area contributed by atoms with Crippen LogP contribution in [0.15, 0.2) is 24.3 Å². The second kappa shape index (κ2) is 6.59. The van der Waals surface area contributed by atoms with Gasteiger partial charge in [0.1, 0.15) is 0 Å². The van der Waals surface area contributed by atoms with Gasteiger partial charge in [0, 0.05) is 23.8 Å². The smallest absolute Gasteiger partial charge is 0.0351 e. The number of hydrogen-bond donors (Lipinski definition) is 2. The van der Waals surface area contributed by atoms with E-state index in [1.54, 1.807) is 0 Å². The highest BCUT2D eigenvalue weighted by atomic mass is 15.2. The molecule has 0 spiro atoms. The Bertz CT molecular complexity index is 478. The summed E-state index contributed by atoms with van der Waals surface area (Å²) in [7, 11) is 0. The van der Waals surface area contributed by atoms with Crippen LogP contribution in [0.4, 0.5) is 5.69 Å². The van der Waals surface area contributed by atoms with Crippen molar-refractivity contribution in [3.05, 3.63) is 29.8 Å². The summed E-state index contributed by atoms with van der Waals surface area (Å²) < 4.78 is 0. The Labute approximate surface area is 134 Å². The lowest BCUT2D eigenvalue weighted by atomic mass is 10.0. The summed E-state index contributed by atoms with van der Waals surface area (Å²) in [5.41, 5.74) is 2.82. The van der Waals surface area contributed by atoms with E-state index in [0.29, 0.717) is 12.1 Å². The maximum atomic E-state index is 3.70. The van der Waals surface area contributed by atoms with E-state index in [4.69, 9.17) is 0 Å². The summed E-state index contributed by atoms with van der Waals surface area (Å²) in [6.45, 7) is 3.60. The quantitative estimate of drug-likeness (QED) is 0.894. The Morgan fingerprint density at radius 3 is 2.55 bits per heavy atom. The van der Waals surface area contributed by atoms with Gasteiger partial charge < -0.3 is 10.6 Å². The predicted molar refractivity (Wildman–Crippen MR) is 92.3 cm³/mol. The Morgan fingerprint density at radius 1 is 0.909 bits per heavy atom. The fraction of sp³-hybridized carbons (Fsp3) is 0.684. The highest BCUT2D eigenvalue weighted by Gasteiger charge is 2.35. The molecule has 2 N–H and O–H groups in total. The molecule has 0 radical (unpaired) electrons. The van der Waals surface area contributed by atoms with Crippen LogP contribution in [0.2, 0.25) is 0 Å². The average Bonchev–Trinajstić information content (AvgIpc) is 3.01. The number of hydrogen-bond acceptors (Lipinski definition) is 3. The first kappa shape index (κ1) is 14.5. The Morgan fingerprint density at radius 2 is 1.73 bits per heavy atom. The van der Waals surface area contributed by atoms with Gasteiger partial charge >= 0.3 is 0 Å². The van der Waals surface area contributed by atoms with Crippen LogP contribution < -0.4 is 10.6 Å². The summed E-state index contributed by atoms with van der Waals surface area (Å²) in [4.78, 5) is 2.78. The van der Waals surface area contributed by atoms with Crippen LogP contribution >= 0.6 is 0 Å². The third kappa shape index (κ3) is 3.02. The van der Waals surface area contributed by atoms with Crippen molar-refractivity contribution in [2.24, 2.45) is 0 Å². The Balaban J connectivity index is 1.41. The summed E-state index contributed by atoms with van der Waals surface area (Å²) in [5, 5.41) is 7.13. The second-order valence-corrected chi connectivity index (χ2v) is 7.27. The van der Waals surface area contributed by atoms with Gasteiger partial charge in [0.15, 0.2) is 0 Å². The van der Waals surface area contributed by atoms with Gasteiger partial charge in [0.05, 0.1) is 0 Å². The molecule has 0 aliphatic carbocycles. The zero-order chi connectivity index (χ0) is 14.8. The van der Waals surface area contributed by atoms with Crippen molar-refractivity contribution in [3.8, 4) is 0 Å². The van der Waals surface area contributed by atoms with Crippen molar-refractivity contribution in [3.63, 3.8) is 0 Å². The van der Waals surface area contributed by atoms with E-state index in [-0.39, 0.29) is 0 Å². The molecule has 0 unspecified atom stereocenters. The van der Waals surface area contributed by atoms with Gasteiger partial charge in [-0.3, -0.25) is 4.90 Å². The normalized spacial score (nSPS) is 30.2. The van der Waals surface area contributed by atoms with Gasteiger partial charge in [-0.05, 0) is 75.9 Å². The lowest BCUT2D eigenvalue weighted by Gasteiger charge is -2.34. The molecule has 0 aromatic heterocycles. The molecule has 1 aromatic carbocycles. The van der Waals surface area contributed by atoms with Crippen molar-refractivity contribution in [2.75, 3.05) is 25.0 Å². The van der Waals surface area contributed by atoms with Gasteiger partial charge in [-0.15, -0.1) is 0 Å². The number of fused-ring (bicyclic) bond motifs is 1. The molecule has 3 heteroatoms. The monoisotopic (exact) mass is 299 g/mol. The van der Waals surface area contributed by atoms with Crippen molar-refractivity contribution >= 4 is 5.69 Å². The number of nitrogens with zero attached hydrogens (tertiary/aromatic N) is 1. The molecule has 3 nitrogen and oxygen atoms in total. The molecular weight excluding hydrogens is 270 g/mol. The third-order valence-electron chi connectivity index (χ3n) is 5.85. The average molecular weight is 299 g/mol. The molecule has 4 rings (SSSR count). The summed E-state index contributed by atoms with van der Waals surface area (Å²) in [5.74, 6) is 0. The highest BCUT2D eigenvalue weighted by Crippen LogP contribution is 2.40. The van der Waals surface area contributed by atoms with Gasteiger partial charge in [-0.25, -0.2) is 0 Å². The predicted octanol–water partition coefficient (Wildman–Crippen LogP) is 3.54. The Kier molecular flexibility index (Phi) is 4.35. The zero-order valence-electron chi connectivity index (χ0n) is 13.6. The lowest BCUT2D eigenvalue weighted by Crippen LogP contribution is -2.36. The molecule has 1 aromatic rings. The number of anilines is 1. The molecule has 3 fully saturated rings. The van der Waals surface area contributed by atoms with Gasteiger partial charge in [0.2, 0.25) is 0 Å². The largest absolute Gasteiger partial charge is 0.382 e. The fourth-order valence-corrected chi connectivity index (χ4v) is 4.62. The van der Waals surface area contributed by atoms with Crippen molar-refractivity contribution < 1.29 is 0 Å². The molecule has 0 amide bonds. The van der Waals surface area contributed by atoms with Crippen molar-refractivity contribution in [1.82, 2.24) is 10.2 Å². The van der Waals surface area contributed by atoms with E-state index in [2.05, 4.69) is 39.8 Å². The molecular formula is C19H29N3. The van der Waals surface area contributed by atoms with Crippen LogP contribution in [0.1, 0.15) is 56.6 Å². The van der Waals surface area contributed by atoms with Crippen molar-refractivity contribution in [1.29, 1.82) is 0 Å². The van der Waals surface area contributed by atoms with E-state index in [9.17, 15) is 0 Å². The first-order chi connectivity index (χ1) is 10.9. The minimum Gasteiger partial charge on any atom is -0.382 e. The minimum atomic E-state index is 0.644. The fourth-order valence-electron chi connectivity index (χ4n) is 4.62. The maximum Gasteiger partial charge on any atom is 0.0351 e. The maximum absolute atomic E-state index is 3.70. The first-order valence-corrected chi connectivity index (χ1v) is 9.23. The number of benzene rings is 1. The van der Waals surface area contributed by atoms with Gasteiger partial charge in [-0.1, -0.05) is 18.6 Å². The van der Waals surface area contributed by atoms with Crippen LogP contribution in [-0.4, -0.2) is 36.6 Å². The molecule has 3 heterocycles. The molecule has 3 aliphatic rings. The molecule has 22 heavy (non-hydrogen) atoms. The highest BCUT2D eigenvalue weighted by molar-refractivity contribution is 5.46. The molecule has 3 aliphatic heterocycles. The van der Waals surface area contributed by atoms with E-state index >= 15 is 0 Å². The molecule has 0 saturated carbocycles.